The molecule has 0 spiro atoms. The van der Waals surface area contributed by atoms with Crippen molar-refractivity contribution in [1.82, 2.24) is 9.47 Å². The van der Waals surface area contributed by atoms with Crippen molar-refractivity contribution in [3.8, 4) is 5.69 Å². The van der Waals surface area contributed by atoms with Crippen LogP contribution in [0.5, 0.6) is 0 Å². The van der Waals surface area contributed by atoms with Gasteiger partial charge in [-0.3, -0.25) is 9.36 Å². The number of rotatable bonds is 3. The van der Waals surface area contributed by atoms with E-state index in [-0.39, 0.29) is 5.91 Å². The molecule has 8 heteroatoms. The highest BCUT2D eigenvalue weighted by Crippen LogP contribution is 2.28. The van der Waals surface area contributed by atoms with E-state index in [9.17, 15) is 9.59 Å². The number of benzene rings is 1. The van der Waals surface area contributed by atoms with Crippen molar-refractivity contribution in [3.63, 3.8) is 0 Å². The molecule has 25 heavy (non-hydrogen) atoms. The molecule has 1 fully saturated rings. The average Bonchev–Trinajstić information content (AvgIpc) is 2.95. The quantitative estimate of drug-likeness (QED) is 0.656. The van der Waals surface area contributed by atoms with Gasteiger partial charge in [-0.05, 0) is 49.7 Å². The Morgan fingerprint density at radius 3 is 2.64 bits per heavy atom. The number of nitrogens with zero attached hydrogens (tertiary/aromatic N) is 2. The van der Waals surface area contributed by atoms with Gasteiger partial charge in [0.05, 0.1) is 18.4 Å². The Hall–Kier alpha value is -2.19. The molecule has 2 aromatic rings. The maximum atomic E-state index is 12.8. The van der Waals surface area contributed by atoms with E-state index in [1.165, 1.54) is 18.4 Å². The van der Waals surface area contributed by atoms with Crippen LogP contribution in [-0.2, 0) is 4.74 Å². The van der Waals surface area contributed by atoms with E-state index in [0.717, 1.165) is 32.4 Å². The lowest BCUT2D eigenvalue weighted by atomic mass is 10.1. The number of hydrogen-bond donors (Lipinski definition) is 1. The molecule has 1 aromatic heterocycles. The molecular weight excluding hydrogens is 358 g/mol. The molecule has 2 N–H and O–H groups in total. The third-order valence-electron chi connectivity index (χ3n) is 4.21. The third-order valence-corrected chi connectivity index (χ3v) is 5.59. The number of amides is 1. The fourth-order valence-electron chi connectivity index (χ4n) is 2.91. The fourth-order valence-corrected chi connectivity index (χ4v) is 4.25. The standard InChI is InChI=1S/C17H19N3O3S2/c1-23-16(22)11-6-5-7-12(10-11)20-14(18)13(25-17(20)24)15(21)19-8-3-2-4-9-19/h5-7,10H,2-4,8-9,18H2,1H3. The second-order valence-electron chi connectivity index (χ2n) is 5.81. The number of anilines is 1. The number of carbonyl (C=O) groups is 2. The molecule has 0 radical (unpaired) electrons. The molecule has 1 amide bonds. The highest BCUT2D eigenvalue weighted by Gasteiger charge is 2.24. The van der Waals surface area contributed by atoms with Gasteiger partial charge in [-0.25, -0.2) is 4.79 Å². The van der Waals surface area contributed by atoms with Gasteiger partial charge in [0, 0.05) is 13.1 Å². The van der Waals surface area contributed by atoms with Crippen LogP contribution in [-0.4, -0.2) is 41.5 Å². The number of likely N-dealkylation sites (tertiary alicyclic amines) is 1. The first-order chi connectivity index (χ1) is 12.0. The molecule has 0 atom stereocenters. The van der Waals surface area contributed by atoms with Gasteiger partial charge in [0.25, 0.3) is 5.91 Å². The highest BCUT2D eigenvalue weighted by atomic mass is 32.1. The van der Waals surface area contributed by atoms with Crippen LogP contribution < -0.4 is 5.73 Å². The Balaban J connectivity index is 1.99. The number of hydrogen-bond acceptors (Lipinski definition) is 6. The number of ether oxygens (including phenoxy) is 1. The second kappa shape index (κ2) is 7.37. The predicted octanol–water partition coefficient (Wildman–Crippen LogP) is 3.26. The number of esters is 1. The van der Waals surface area contributed by atoms with Crippen molar-refractivity contribution in [3.05, 3.63) is 38.7 Å². The maximum absolute atomic E-state index is 12.8. The van der Waals surface area contributed by atoms with E-state index in [1.807, 2.05) is 4.90 Å². The summed E-state index contributed by atoms with van der Waals surface area (Å²) in [5.74, 6) is -0.199. The van der Waals surface area contributed by atoms with Crippen molar-refractivity contribution < 1.29 is 14.3 Å². The molecule has 1 saturated heterocycles. The minimum absolute atomic E-state index is 0.0730. The van der Waals surface area contributed by atoms with Gasteiger partial charge in [-0.2, -0.15) is 0 Å². The fraction of sp³-hybridized carbons (Fsp3) is 0.353. The number of aromatic nitrogens is 1. The third kappa shape index (κ3) is 3.45. The van der Waals surface area contributed by atoms with Crippen LogP contribution in [0.1, 0.15) is 39.3 Å². The Morgan fingerprint density at radius 2 is 1.96 bits per heavy atom. The van der Waals surface area contributed by atoms with Gasteiger partial charge in [0.2, 0.25) is 0 Å². The normalized spacial score (nSPS) is 14.4. The van der Waals surface area contributed by atoms with E-state index in [1.54, 1.807) is 28.8 Å². The Kier molecular flexibility index (Phi) is 5.19. The van der Waals surface area contributed by atoms with Crippen molar-refractivity contribution >= 4 is 41.2 Å². The average molecular weight is 377 g/mol. The van der Waals surface area contributed by atoms with Crippen molar-refractivity contribution in [2.45, 2.75) is 19.3 Å². The molecular formula is C17H19N3O3S2. The molecule has 0 saturated carbocycles. The first-order valence-corrected chi connectivity index (χ1v) is 9.24. The summed E-state index contributed by atoms with van der Waals surface area (Å²) in [5, 5.41) is 0. The van der Waals surface area contributed by atoms with E-state index in [0.29, 0.717) is 25.9 Å². The summed E-state index contributed by atoms with van der Waals surface area (Å²) in [5.41, 5.74) is 7.28. The molecule has 132 valence electrons. The summed E-state index contributed by atoms with van der Waals surface area (Å²) in [6, 6.07) is 6.83. The number of nitrogens with two attached hydrogens (primary N) is 1. The summed E-state index contributed by atoms with van der Waals surface area (Å²) >= 11 is 6.62. The zero-order valence-electron chi connectivity index (χ0n) is 13.9. The monoisotopic (exact) mass is 377 g/mol. The Labute approximate surface area is 154 Å². The number of nitrogen functional groups attached to an aromatic ring is 1. The lowest BCUT2D eigenvalue weighted by molar-refractivity contribution is 0.0600. The topological polar surface area (TPSA) is 77.6 Å². The van der Waals surface area contributed by atoms with Crippen LogP contribution in [0.25, 0.3) is 5.69 Å². The lowest BCUT2D eigenvalue weighted by Gasteiger charge is -2.26. The predicted molar refractivity (Wildman–Crippen MR) is 100.0 cm³/mol. The molecule has 6 nitrogen and oxygen atoms in total. The largest absolute Gasteiger partial charge is 0.465 e. The summed E-state index contributed by atoms with van der Waals surface area (Å²) in [6.07, 6.45) is 3.17. The molecule has 2 heterocycles. The number of piperidine rings is 1. The van der Waals surface area contributed by atoms with Crippen molar-refractivity contribution in [2.75, 3.05) is 25.9 Å². The molecule has 1 aromatic carbocycles. The van der Waals surface area contributed by atoms with Gasteiger partial charge in [-0.15, -0.1) is 0 Å². The zero-order chi connectivity index (χ0) is 18.0. The first kappa shape index (κ1) is 17.6. The molecule has 0 unspecified atom stereocenters. The second-order valence-corrected chi connectivity index (χ2v) is 7.46. The van der Waals surface area contributed by atoms with Gasteiger partial charge in [0.1, 0.15) is 10.7 Å². The van der Waals surface area contributed by atoms with Crippen molar-refractivity contribution in [1.29, 1.82) is 0 Å². The lowest BCUT2D eigenvalue weighted by Crippen LogP contribution is -2.35. The Bertz CT molecular complexity index is 866. The van der Waals surface area contributed by atoms with Gasteiger partial charge in [0.15, 0.2) is 3.95 Å². The van der Waals surface area contributed by atoms with Crippen LogP contribution in [0, 0.1) is 3.95 Å². The van der Waals surface area contributed by atoms with E-state index >= 15 is 0 Å². The summed E-state index contributed by atoms with van der Waals surface area (Å²) < 4.78 is 6.85. The zero-order valence-corrected chi connectivity index (χ0v) is 15.5. The van der Waals surface area contributed by atoms with Crippen LogP contribution in [0.15, 0.2) is 24.3 Å². The van der Waals surface area contributed by atoms with Crippen LogP contribution in [0.4, 0.5) is 5.82 Å². The minimum atomic E-state index is -0.438. The smallest absolute Gasteiger partial charge is 0.337 e. The number of methoxy groups -OCH3 is 1. The summed E-state index contributed by atoms with van der Waals surface area (Å²) in [7, 11) is 1.33. The molecule has 0 bridgehead atoms. The van der Waals surface area contributed by atoms with Crippen LogP contribution in [0.2, 0.25) is 0 Å². The summed E-state index contributed by atoms with van der Waals surface area (Å²) in [6.45, 7) is 1.50. The molecule has 0 aliphatic carbocycles. The van der Waals surface area contributed by atoms with Gasteiger partial charge < -0.3 is 15.4 Å². The molecule has 1 aliphatic rings. The maximum Gasteiger partial charge on any atom is 0.337 e. The van der Waals surface area contributed by atoms with Gasteiger partial charge in [-0.1, -0.05) is 17.4 Å². The summed E-state index contributed by atoms with van der Waals surface area (Å²) in [4.78, 5) is 26.8. The SMILES string of the molecule is COC(=O)c1cccc(-n2c(N)c(C(=O)N3CCCCC3)sc2=S)c1. The van der Waals surface area contributed by atoms with Crippen LogP contribution in [0.3, 0.4) is 0 Å². The van der Waals surface area contributed by atoms with Crippen molar-refractivity contribution in [2.24, 2.45) is 0 Å². The Morgan fingerprint density at radius 1 is 1.24 bits per heavy atom. The molecule has 1 aliphatic heterocycles. The number of carbonyl (C=O) groups excluding carboxylic acids is 2. The molecule has 3 rings (SSSR count). The van der Waals surface area contributed by atoms with E-state index in [2.05, 4.69) is 0 Å². The highest BCUT2D eigenvalue weighted by molar-refractivity contribution is 7.73. The first-order valence-electron chi connectivity index (χ1n) is 8.02. The number of thiazole rings is 1. The van der Waals surface area contributed by atoms with E-state index < -0.39 is 5.97 Å². The van der Waals surface area contributed by atoms with Crippen LogP contribution >= 0.6 is 23.6 Å². The van der Waals surface area contributed by atoms with E-state index in [4.69, 9.17) is 22.7 Å². The minimum Gasteiger partial charge on any atom is -0.465 e. The van der Waals surface area contributed by atoms with Gasteiger partial charge >= 0.3 is 5.97 Å².